The average Bonchev–Trinajstić information content (AvgIpc) is 3.39. The zero-order valence-electron chi connectivity index (χ0n) is 15.8. The standard InChI is InChI=1S/C20H28N4O/c1-12(2)9-23-20-19(11-21-14(5)24-20)25-18-8-17(15-6-7-15)22-10-16(18)13(3)4/h8,10-13,15H,6-7,9H2,1-5H3,(H,21,23,24). The Bertz CT molecular complexity index is 738. The maximum atomic E-state index is 6.28. The second kappa shape index (κ2) is 7.38. The van der Waals surface area contributed by atoms with Gasteiger partial charge < -0.3 is 10.1 Å². The third kappa shape index (κ3) is 4.47. The molecule has 2 aromatic heterocycles. The molecule has 0 aromatic carbocycles. The SMILES string of the molecule is Cc1ncc(Oc2cc(C3CC3)ncc2C(C)C)c(NCC(C)C)n1. The van der Waals surface area contributed by atoms with E-state index in [4.69, 9.17) is 4.74 Å². The monoisotopic (exact) mass is 340 g/mol. The van der Waals surface area contributed by atoms with Crippen molar-refractivity contribution < 1.29 is 4.74 Å². The fourth-order valence-electron chi connectivity index (χ4n) is 2.67. The number of pyridine rings is 1. The molecule has 3 rings (SSSR count). The van der Waals surface area contributed by atoms with Gasteiger partial charge in [-0.05, 0) is 31.6 Å². The van der Waals surface area contributed by atoms with Crippen molar-refractivity contribution in [2.24, 2.45) is 5.92 Å². The first-order valence-corrected chi connectivity index (χ1v) is 9.19. The quantitative estimate of drug-likeness (QED) is 0.765. The van der Waals surface area contributed by atoms with E-state index >= 15 is 0 Å². The van der Waals surface area contributed by atoms with Crippen LogP contribution in [0.5, 0.6) is 11.5 Å². The van der Waals surface area contributed by atoms with Crippen LogP contribution >= 0.6 is 0 Å². The minimum atomic E-state index is 0.342. The minimum absolute atomic E-state index is 0.342. The van der Waals surface area contributed by atoms with Gasteiger partial charge in [-0.2, -0.15) is 0 Å². The molecule has 1 N–H and O–H groups in total. The highest BCUT2D eigenvalue weighted by atomic mass is 16.5. The number of hydrogen-bond donors (Lipinski definition) is 1. The van der Waals surface area contributed by atoms with Gasteiger partial charge >= 0.3 is 0 Å². The number of aryl methyl sites for hydroxylation is 1. The topological polar surface area (TPSA) is 59.9 Å². The fourth-order valence-corrected chi connectivity index (χ4v) is 2.67. The second-order valence-electron chi connectivity index (χ2n) is 7.58. The van der Waals surface area contributed by atoms with Gasteiger partial charge in [0, 0.05) is 36.0 Å². The summed E-state index contributed by atoms with van der Waals surface area (Å²) in [5, 5.41) is 3.38. The van der Waals surface area contributed by atoms with E-state index in [1.54, 1.807) is 6.20 Å². The molecule has 1 aliphatic carbocycles. The summed E-state index contributed by atoms with van der Waals surface area (Å²) < 4.78 is 6.28. The molecule has 5 nitrogen and oxygen atoms in total. The number of nitrogens with zero attached hydrogens (tertiary/aromatic N) is 3. The lowest BCUT2D eigenvalue weighted by molar-refractivity contribution is 0.467. The molecule has 0 radical (unpaired) electrons. The zero-order chi connectivity index (χ0) is 18.0. The molecule has 1 saturated carbocycles. The van der Waals surface area contributed by atoms with Crippen molar-refractivity contribution in [1.82, 2.24) is 15.0 Å². The van der Waals surface area contributed by atoms with Gasteiger partial charge in [0.2, 0.25) is 0 Å². The van der Waals surface area contributed by atoms with Gasteiger partial charge in [0.25, 0.3) is 0 Å². The van der Waals surface area contributed by atoms with E-state index in [2.05, 4.69) is 54.0 Å². The van der Waals surface area contributed by atoms with E-state index in [0.717, 1.165) is 35.2 Å². The van der Waals surface area contributed by atoms with Crippen LogP contribution < -0.4 is 10.1 Å². The van der Waals surface area contributed by atoms with E-state index in [1.807, 2.05) is 13.1 Å². The van der Waals surface area contributed by atoms with Crippen molar-refractivity contribution in [2.75, 3.05) is 11.9 Å². The number of ether oxygens (including phenoxy) is 1. The van der Waals surface area contributed by atoms with Crippen molar-refractivity contribution in [3.05, 3.63) is 35.5 Å². The molecule has 1 aliphatic rings. The predicted molar refractivity (Wildman–Crippen MR) is 100 cm³/mol. The molecule has 0 bridgehead atoms. The molecule has 0 spiro atoms. The molecule has 0 unspecified atom stereocenters. The van der Waals surface area contributed by atoms with Crippen molar-refractivity contribution in [1.29, 1.82) is 0 Å². The summed E-state index contributed by atoms with van der Waals surface area (Å²) in [6, 6.07) is 2.10. The first kappa shape index (κ1) is 17.6. The summed E-state index contributed by atoms with van der Waals surface area (Å²) in [7, 11) is 0. The summed E-state index contributed by atoms with van der Waals surface area (Å²) in [6.07, 6.45) is 6.17. The normalized spacial score (nSPS) is 14.2. The summed E-state index contributed by atoms with van der Waals surface area (Å²) >= 11 is 0. The van der Waals surface area contributed by atoms with Gasteiger partial charge in [0.15, 0.2) is 11.6 Å². The third-order valence-electron chi connectivity index (χ3n) is 4.31. The lowest BCUT2D eigenvalue weighted by atomic mass is 10.0. The summed E-state index contributed by atoms with van der Waals surface area (Å²) in [5.41, 5.74) is 2.24. The van der Waals surface area contributed by atoms with Crippen LogP contribution in [0.15, 0.2) is 18.5 Å². The van der Waals surface area contributed by atoms with E-state index in [0.29, 0.717) is 23.5 Å². The van der Waals surface area contributed by atoms with Crippen LogP contribution in [0.2, 0.25) is 0 Å². The van der Waals surface area contributed by atoms with Crippen LogP contribution in [0.25, 0.3) is 0 Å². The fraction of sp³-hybridized carbons (Fsp3) is 0.550. The van der Waals surface area contributed by atoms with Gasteiger partial charge in [0.1, 0.15) is 11.6 Å². The highest BCUT2D eigenvalue weighted by molar-refractivity contribution is 5.52. The number of nitrogens with one attached hydrogen (secondary N) is 1. The smallest absolute Gasteiger partial charge is 0.187 e. The van der Waals surface area contributed by atoms with Crippen molar-refractivity contribution in [3.63, 3.8) is 0 Å². The van der Waals surface area contributed by atoms with Crippen LogP contribution in [0, 0.1) is 12.8 Å². The Morgan fingerprint density at radius 1 is 1.12 bits per heavy atom. The Morgan fingerprint density at radius 3 is 2.52 bits per heavy atom. The van der Waals surface area contributed by atoms with Gasteiger partial charge in [-0.3, -0.25) is 4.98 Å². The molecule has 2 aromatic rings. The van der Waals surface area contributed by atoms with Gasteiger partial charge in [-0.25, -0.2) is 9.97 Å². The Labute approximate surface area is 150 Å². The largest absolute Gasteiger partial charge is 0.451 e. The minimum Gasteiger partial charge on any atom is -0.451 e. The maximum Gasteiger partial charge on any atom is 0.187 e. The summed E-state index contributed by atoms with van der Waals surface area (Å²) in [5.74, 6) is 4.48. The molecule has 2 heterocycles. The van der Waals surface area contributed by atoms with Crippen molar-refractivity contribution in [2.45, 2.75) is 59.3 Å². The summed E-state index contributed by atoms with van der Waals surface area (Å²) in [6.45, 7) is 11.4. The number of hydrogen-bond acceptors (Lipinski definition) is 5. The van der Waals surface area contributed by atoms with Crippen molar-refractivity contribution in [3.8, 4) is 11.5 Å². The Hall–Kier alpha value is -2.17. The van der Waals surface area contributed by atoms with Gasteiger partial charge in [-0.15, -0.1) is 0 Å². The van der Waals surface area contributed by atoms with Crippen molar-refractivity contribution >= 4 is 5.82 Å². The average molecular weight is 340 g/mol. The van der Waals surface area contributed by atoms with Gasteiger partial charge in [0.05, 0.1) is 6.20 Å². The Balaban J connectivity index is 1.91. The first-order chi connectivity index (χ1) is 11.9. The highest BCUT2D eigenvalue weighted by Gasteiger charge is 2.26. The molecule has 5 heteroatoms. The van der Waals surface area contributed by atoms with E-state index in [1.165, 1.54) is 12.8 Å². The maximum absolute atomic E-state index is 6.28. The number of rotatable bonds is 7. The zero-order valence-corrected chi connectivity index (χ0v) is 15.8. The molecule has 0 amide bonds. The van der Waals surface area contributed by atoms with Crippen LogP contribution in [0.4, 0.5) is 5.82 Å². The molecule has 0 saturated heterocycles. The molecule has 25 heavy (non-hydrogen) atoms. The van der Waals surface area contributed by atoms with Crippen LogP contribution in [-0.2, 0) is 0 Å². The van der Waals surface area contributed by atoms with E-state index in [9.17, 15) is 0 Å². The van der Waals surface area contributed by atoms with Crippen LogP contribution in [0.3, 0.4) is 0 Å². The molecule has 0 aliphatic heterocycles. The Morgan fingerprint density at radius 2 is 1.88 bits per heavy atom. The highest BCUT2D eigenvalue weighted by Crippen LogP contribution is 2.42. The molecule has 134 valence electrons. The van der Waals surface area contributed by atoms with E-state index in [-0.39, 0.29) is 0 Å². The first-order valence-electron chi connectivity index (χ1n) is 9.19. The molecular weight excluding hydrogens is 312 g/mol. The third-order valence-corrected chi connectivity index (χ3v) is 4.31. The number of aromatic nitrogens is 3. The second-order valence-corrected chi connectivity index (χ2v) is 7.58. The lowest BCUT2D eigenvalue weighted by Crippen LogP contribution is -2.11. The molecular formula is C20H28N4O. The van der Waals surface area contributed by atoms with Crippen LogP contribution in [0.1, 0.15) is 69.5 Å². The molecule has 0 atom stereocenters. The lowest BCUT2D eigenvalue weighted by Gasteiger charge is -2.17. The Kier molecular flexibility index (Phi) is 5.21. The predicted octanol–water partition coefficient (Wildman–Crippen LogP) is 5.04. The molecule has 1 fully saturated rings. The summed E-state index contributed by atoms with van der Waals surface area (Å²) in [4.78, 5) is 13.5. The van der Waals surface area contributed by atoms with Gasteiger partial charge in [-0.1, -0.05) is 27.7 Å². The van der Waals surface area contributed by atoms with E-state index < -0.39 is 0 Å². The number of anilines is 1. The van der Waals surface area contributed by atoms with Crippen LogP contribution in [-0.4, -0.2) is 21.5 Å².